The van der Waals surface area contributed by atoms with E-state index in [0.29, 0.717) is 13.2 Å². The first-order chi connectivity index (χ1) is 8.18. The Balaban J connectivity index is 1.87. The van der Waals surface area contributed by atoms with E-state index in [0.717, 1.165) is 5.56 Å². The summed E-state index contributed by atoms with van der Waals surface area (Å²) in [5, 5.41) is 20.2. The van der Waals surface area contributed by atoms with Gasteiger partial charge in [-0.05, 0) is 5.56 Å². The number of benzene rings is 1. The molecule has 0 radical (unpaired) electrons. The lowest BCUT2D eigenvalue weighted by Crippen LogP contribution is -2.90. The van der Waals surface area contributed by atoms with Gasteiger partial charge in [-0.15, -0.1) is 0 Å². The van der Waals surface area contributed by atoms with E-state index in [4.69, 9.17) is 9.84 Å². The minimum Gasteiger partial charge on any atom is -0.477 e. The molecule has 1 aliphatic heterocycles. The maximum absolute atomic E-state index is 10.8. The molecule has 5 heteroatoms. The van der Waals surface area contributed by atoms with Crippen LogP contribution >= 0.6 is 0 Å². The van der Waals surface area contributed by atoms with Gasteiger partial charge in [0.1, 0.15) is 18.8 Å². The molecule has 92 valence electrons. The summed E-state index contributed by atoms with van der Waals surface area (Å²) in [7, 11) is 0. The molecule has 0 saturated carbocycles. The summed E-state index contributed by atoms with van der Waals surface area (Å²) < 4.78 is 5.54. The van der Waals surface area contributed by atoms with Crippen LogP contribution in [-0.2, 0) is 16.1 Å². The fraction of sp³-hybridized carbons (Fsp3) is 0.417. The van der Waals surface area contributed by atoms with Gasteiger partial charge in [0.15, 0.2) is 0 Å². The normalized spacial score (nSPS) is 28.2. The molecule has 3 atom stereocenters. The zero-order valence-electron chi connectivity index (χ0n) is 9.32. The second kappa shape index (κ2) is 5.27. The highest BCUT2D eigenvalue weighted by molar-refractivity contribution is 5.72. The standard InChI is InChI=1S/C12H15NO4/c14-11-9(6-13-10(11)12(15)16)17-7-8-4-2-1-3-5-8/h1-5,9-11,13-14H,6-7H2,(H,15,16)/p+1/t9-,10+,11+/m1/s1. The predicted octanol–water partition coefficient (Wildman–Crippen LogP) is -1.04. The van der Waals surface area contributed by atoms with Gasteiger partial charge in [-0.25, -0.2) is 4.79 Å². The van der Waals surface area contributed by atoms with Gasteiger partial charge in [-0.2, -0.15) is 0 Å². The van der Waals surface area contributed by atoms with Crippen LogP contribution in [-0.4, -0.2) is 41.0 Å². The Hall–Kier alpha value is -1.43. The molecular weight excluding hydrogens is 222 g/mol. The Morgan fingerprint density at radius 2 is 2.12 bits per heavy atom. The van der Waals surface area contributed by atoms with Gasteiger partial charge >= 0.3 is 5.97 Å². The molecule has 1 aliphatic rings. The Morgan fingerprint density at radius 3 is 2.71 bits per heavy atom. The third-order valence-electron chi connectivity index (χ3n) is 2.96. The predicted molar refractivity (Wildman–Crippen MR) is 59.2 cm³/mol. The summed E-state index contributed by atoms with van der Waals surface area (Å²) in [5.74, 6) is -0.997. The largest absolute Gasteiger partial charge is 0.477 e. The lowest BCUT2D eigenvalue weighted by atomic mass is 10.1. The first kappa shape index (κ1) is 12.0. The molecule has 0 spiro atoms. The van der Waals surface area contributed by atoms with Gasteiger partial charge in [0.05, 0.1) is 6.61 Å². The van der Waals surface area contributed by atoms with Crippen molar-refractivity contribution in [1.29, 1.82) is 0 Å². The van der Waals surface area contributed by atoms with Crippen molar-refractivity contribution in [1.82, 2.24) is 0 Å². The van der Waals surface area contributed by atoms with E-state index >= 15 is 0 Å². The topological polar surface area (TPSA) is 83.4 Å². The van der Waals surface area contributed by atoms with Crippen molar-refractivity contribution in [2.75, 3.05) is 6.54 Å². The highest BCUT2D eigenvalue weighted by Crippen LogP contribution is 2.10. The van der Waals surface area contributed by atoms with Crippen LogP contribution in [0, 0.1) is 0 Å². The summed E-state index contributed by atoms with van der Waals surface area (Å²) in [6.45, 7) is 0.869. The first-order valence-electron chi connectivity index (χ1n) is 5.58. The molecule has 1 heterocycles. The summed E-state index contributed by atoms with van der Waals surface area (Å²) in [5.41, 5.74) is 1.01. The number of quaternary nitrogens is 1. The number of carboxylic acids is 1. The van der Waals surface area contributed by atoms with Crippen molar-refractivity contribution in [3.63, 3.8) is 0 Å². The van der Waals surface area contributed by atoms with Crippen molar-refractivity contribution in [3.8, 4) is 0 Å². The minimum atomic E-state index is -0.997. The third-order valence-corrected chi connectivity index (χ3v) is 2.96. The fourth-order valence-corrected chi connectivity index (χ4v) is 1.98. The van der Waals surface area contributed by atoms with Gasteiger partial charge in [0.2, 0.25) is 6.04 Å². The molecule has 5 nitrogen and oxygen atoms in total. The number of hydrogen-bond acceptors (Lipinski definition) is 3. The Bertz CT molecular complexity index is 381. The lowest BCUT2D eigenvalue weighted by Gasteiger charge is -2.13. The number of ether oxygens (including phenoxy) is 1. The van der Waals surface area contributed by atoms with Gasteiger partial charge in [0.25, 0.3) is 0 Å². The average Bonchev–Trinajstić information content (AvgIpc) is 2.69. The van der Waals surface area contributed by atoms with Crippen LogP contribution < -0.4 is 5.32 Å². The van der Waals surface area contributed by atoms with Crippen molar-refractivity contribution < 1.29 is 25.1 Å². The maximum atomic E-state index is 10.8. The maximum Gasteiger partial charge on any atom is 0.365 e. The van der Waals surface area contributed by atoms with Crippen molar-refractivity contribution in [2.45, 2.75) is 24.9 Å². The summed E-state index contributed by atoms with van der Waals surface area (Å²) in [6.07, 6.45) is -1.37. The van der Waals surface area contributed by atoms with E-state index < -0.39 is 24.2 Å². The molecule has 0 aromatic heterocycles. The zero-order valence-corrected chi connectivity index (χ0v) is 9.32. The minimum absolute atomic E-state index is 0.392. The van der Waals surface area contributed by atoms with Gasteiger partial charge in [-0.3, -0.25) is 0 Å². The number of nitrogens with two attached hydrogens (primary N) is 1. The molecule has 1 saturated heterocycles. The van der Waals surface area contributed by atoms with E-state index in [1.807, 2.05) is 30.3 Å². The molecule has 17 heavy (non-hydrogen) atoms. The number of hydrogen-bond donors (Lipinski definition) is 3. The Labute approximate surface area is 99.0 Å². The molecular formula is C12H16NO4+. The number of carbonyl (C=O) groups is 1. The smallest absolute Gasteiger partial charge is 0.365 e. The monoisotopic (exact) mass is 238 g/mol. The molecule has 2 rings (SSSR count). The summed E-state index contributed by atoms with van der Waals surface area (Å²) in [4.78, 5) is 10.8. The quantitative estimate of drug-likeness (QED) is 0.626. The van der Waals surface area contributed by atoms with Crippen LogP contribution in [0.5, 0.6) is 0 Å². The molecule has 1 aromatic carbocycles. The molecule has 0 amide bonds. The van der Waals surface area contributed by atoms with E-state index in [-0.39, 0.29) is 0 Å². The highest BCUT2D eigenvalue weighted by atomic mass is 16.5. The number of aliphatic hydroxyl groups is 1. The molecule has 4 N–H and O–H groups in total. The van der Waals surface area contributed by atoms with Crippen LogP contribution in [0.4, 0.5) is 0 Å². The van der Waals surface area contributed by atoms with E-state index in [1.165, 1.54) is 0 Å². The van der Waals surface area contributed by atoms with Crippen LogP contribution in [0.15, 0.2) is 30.3 Å². The van der Waals surface area contributed by atoms with Gasteiger partial charge in [-0.1, -0.05) is 30.3 Å². The van der Waals surface area contributed by atoms with E-state index in [1.54, 1.807) is 5.32 Å². The summed E-state index contributed by atoms with van der Waals surface area (Å²) in [6, 6.07) is 8.80. The molecule has 1 fully saturated rings. The second-order valence-corrected chi connectivity index (χ2v) is 4.16. The number of rotatable bonds is 4. The number of aliphatic hydroxyl groups excluding tert-OH is 1. The molecule has 0 bridgehead atoms. The van der Waals surface area contributed by atoms with Crippen LogP contribution in [0.25, 0.3) is 0 Å². The number of aliphatic carboxylic acids is 1. The fourth-order valence-electron chi connectivity index (χ4n) is 1.98. The Kier molecular flexibility index (Phi) is 3.73. The number of carboxylic acid groups (broad SMARTS) is 1. The highest BCUT2D eigenvalue weighted by Gasteiger charge is 2.43. The molecule has 0 aliphatic carbocycles. The first-order valence-corrected chi connectivity index (χ1v) is 5.58. The average molecular weight is 238 g/mol. The van der Waals surface area contributed by atoms with Gasteiger partial charge < -0.3 is 20.3 Å². The van der Waals surface area contributed by atoms with Gasteiger partial charge in [0, 0.05) is 0 Å². The zero-order chi connectivity index (χ0) is 12.3. The molecule has 1 aromatic rings. The van der Waals surface area contributed by atoms with Crippen molar-refractivity contribution in [2.24, 2.45) is 0 Å². The lowest BCUT2D eigenvalue weighted by molar-refractivity contribution is -0.664. The van der Waals surface area contributed by atoms with Crippen molar-refractivity contribution >= 4 is 5.97 Å². The Morgan fingerprint density at radius 1 is 1.41 bits per heavy atom. The SMILES string of the molecule is O=C(O)[C@H]1[NH2+]C[C@@H](OCc2ccccc2)[C@@H]1O. The van der Waals surface area contributed by atoms with E-state index in [9.17, 15) is 9.90 Å². The van der Waals surface area contributed by atoms with Crippen LogP contribution in [0.1, 0.15) is 5.56 Å². The van der Waals surface area contributed by atoms with E-state index in [2.05, 4.69) is 0 Å². The van der Waals surface area contributed by atoms with Crippen LogP contribution in [0.2, 0.25) is 0 Å². The second-order valence-electron chi connectivity index (χ2n) is 4.16. The summed E-state index contributed by atoms with van der Waals surface area (Å²) >= 11 is 0. The van der Waals surface area contributed by atoms with Crippen molar-refractivity contribution in [3.05, 3.63) is 35.9 Å². The molecule has 0 unspecified atom stereocenters. The third kappa shape index (κ3) is 2.82. The van der Waals surface area contributed by atoms with Crippen LogP contribution in [0.3, 0.4) is 0 Å².